The molecule has 0 atom stereocenters. The summed E-state index contributed by atoms with van der Waals surface area (Å²) in [6.07, 6.45) is 2.90. The van der Waals surface area contributed by atoms with E-state index in [2.05, 4.69) is 20.8 Å². The minimum atomic E-state index is -0.280. The second-order valence-electron chi connectivity index (χ2n) is 7.82. The Labute approximate surface area is 179 Å². The van der Waals surface area contributed by atoms with Gasteiger partial charge in [0.05, 0.1) is 30.4 Å². The van der Waals surface area contributed by atoms with Gasteiger partial charge in [0.2, 0.25) is 0 Å². The quantitative estimate of drug-likeness (QED) is 0.306. The zero-order valence-electron chi connectivity index (χ0n) is 17.3. The summed E-state index contributed by atoms with van der Waals surface area (Å²) in [5, 5.41) is 1.45. The van der Waals surface area contributed by atoms with E-state index in [-0.39, 0.29) is 11.2 Å². The number of benzene rings is 1. The van der Waals surface area contributed by atoms with Gasteiger partial charge in [-0.2, -0.15) is 0 Å². The van der Waals surface area contributed by atoms with Crippen LogP contribution in [0.1, 0.15) is 44.1 Å². The van der Waals surface area contributed by atoms with Crippen LogP contribution in [0.5, 0.6) is 5.75 Å². The number of aromatic nitrogens is 2. The Bertz CT molecular complexity index is 1100. The lowest BCUT2D eigenvalue weighted by atomic mass is 9.94. The molecule has 1 aliphatic rings. The highest BCUT2D eigenvalue weighted by molar-refractivity contribution is 7.99. The number of thiophene rings is 1. The summed E-state index contributed by atoms with van der Waals surface area (Å²) < 4.78 is 13.3. The van der Waals surface area contributed by atoms with Crippen molar-refractivity contribution in [2.24, 2.45) is 0 Å². The Morgan fingerprint density at radius 2 is 2.14 bits per heavy atom. The van der Waals surface area contributed by atoms with E-state index in [1.807, 2.05) is 24.3 Å². The molecular formula is C22H26N2O3S2. The van der Waals surface area contributed by atoms with Crippen molar-refractivity contribution in [3.8, 4) is 11.4 Å². The van der Waals surface area contributed by atoms with Crippen LogP contribution < -0.4 is 10.3 Å². The molecule has 5 nitrogen and oxygen atoms in total. The Balaban J connectivity index is 1.97. The number of unbranched alkanes of at least 4 members (excludes halogenated alkanes) is 1. The Morgan fingerprint density at radius 1 is 1.34 bits per heavy atom. The second kappa shape index (κ2) is 8.13. The smallest absolute Gasteiger partial charge is 0.267 e. The summed E-state index contributed by atoms with van der Waals surface area (Å²) in [5.41, 5.74) is 1.53. The molecule has 0 saturated heterocycles. The number of nitrogens with zero attached hydrogens (tertiary/aromatic N) is 2. The minimum Gasteiger partial charge on any atom is -0.495 e. The van der Waals surface area contributed by atoms with E-state index in [0.717, 1.165) is 50.1 Å². The molecule has 1 aliphatic heterocycles. The number of fused-ring (bicyclic) bond motifs is 3. The third kappa shape index (κ3) is 3.83. The number of ether oxygens (including phenoxy) is 2. The third-order valence-corrected chi connectivity index (χ3v) is 7.25. The van der Waals surface area contributed by atoms with Crippen LogP contribution in [0.4, 0.5) is 0 Å². The van der Waals surface area contributed by atoms with E-state index in [9.17, 15) is 4.79 Å². The van der Waals surface area contributed by atoms with Gasteiger partial charge in [0, 0.05) is 17.1 Å². The molecule has 29 heavy (non-hydrogen) atoms. The van der Waals surface area contributed by atoms with E-state index in [1.54, 1.807) is 34.8 Å². The van der Waals surface area contributed by atoms with Gasteiger partial charge in [-0.05, 0) is 38.0 Å². The molecule has 0 aliphatic carbocycles. The summed E-state index contributed by atoms with van der Waals surface area (Å²) in [5.74, 6) is 1.59. The summed E-state index contributed by atoms with van der Waals surface area (Å²) in [4.78, 5) is 20.7. The topological polar surface area (TPSA) is 53.4 Å². The van der Waals surface area contributed by atoms with E-state index in [1.165, 1.54) is 0 Å². The van der Waals surface area contributed by atoms with Gasteiger partial charge in [0.25, 0.3) is 5.56 Å². The SMILES string of the molecule is CCCCSc1nc2sc3c(c2c(=O)n1-c1ccccc1OC)CC(C)(C)OC3. The largest absolute Gasteiger partial charge is 0.495 e. The molecule has 0 amide bonds. The van der Waals surface area contributed by atoms with Crippen molar-refractivity contribution in [1.29, 1.82) is 0 Å². The average molecular weight is 431 g/mol. The zero-order chi connectivity index (χ0) is 20.6. The molecule has 1 aromatic carbocycles. The van der Waals surface area contributed by atoms with E-state index < -0.39 is 0 Å². The van der Waals surface area contributed by atoms with Crippen molar-refractivity contribution >= 4 is 33.3 Å². The number of hydrogen-bond acceptors (Lipinski definition) is 6. The first-order chi connectivity index (χ1) is 13.9. The van der Waals surface area contributed by atoms with Crippen LogP contribution >= 0.6 is 23.1 Å². The van der Waals surface area contributed by atoms with Crippen molar-refractivity contribution in [2.75, 3.05) is 12.9 Å². The molecule has 0 radical (unpaired) electrons. The molecule has 4 rings (SSSR count). The van der Waals surface area contributed by atoms with Crippen LogP contribution in [0, 0.1) is 0 Å². The van der Waals surface area contributed by atoms with Crippen molar-refractivity contribution < 1.29 is 9.47 Å². The highest BCUT2D eigenvalue weighted by Gasteiger charge is 2.31. The molecule has 0 fully saturated rings. The third-order valence-electron chi connectivity index (χ3n) is 5.13. The molecule has 0 unspecified atom stereocenters. The number of methoxy groups -OCH3 is 1. The highest BCUT2D eigenvalue weighted by atomic mass is 32.2. The van der Waals surface area contributed by atoms with Crippen LogP contribution in [0.25, 0.3) is 15.9 Å². The molecule has 0 N–H and O–H groups in total. The first-order valence-corrected chi connectivity index (χ1v) is 11.7. The van der Waals surface area contributed by atoms with Crippen molar-refractivity contribution in [2.45, 2.75) is 57.4 Å². The molecular weight excluding hydrogens is 404 g/mol. The summed E-state index contributed by atoms with van der Waals surface area (Å²) in [7, 11) is 1.63. The Kier molecular flexibility index (Phi) is 5.73. The van der Waals surface area contributed by atoms with Gasteiger partial charge < -0.3 is 9.47 Å². The van der Waals surface area contributed by atoms with Crippen LogP contribution in [0.15, 0.2) is 34.2 Å². The molecule has 0 saturated carbocycles. The van der Waals surface area contributed by atoms with Gasteiger partial charge in [-0.1, -0.05) is 37.2 Å². The number of hydrogen-bond donors (Lipinski definition) is 0. The maximum Gasteiger partial charge on any atom is 0.267 e. The van der Waals surface area contributed by atoms with Crippen molar-refractivity contribution in [3.05, 3.63) is 45.1 Å². The average Bonchev–Trinajstić information content (AvgIpc) is 3.05. The Morgan fingerprint density at radius 3 is 2.90 bits per heavy atom. The van der Waals surface area contributed by atoms with Gasteiger partial charge in [0.15, 0.2) is 5.16 Å². The summed E-state index contributed by atoms with van der Waals surface area (Å²) >= 11 is 3.22. The predicted octanol–water partition coefficient (Wildman–Crippen LogP) is 5.20. The van der Waals surface area contributed by atoms with Crippen LogP contribution in [-0.2, 0) is 17.8 Å². The van der Waals surface area contributed by atoms with Crippen molar-refractivity contribution in [1.82, 2.24) is 9.55 Å². The zero-order valence-corrected chi connectivity index (χ0v) is 18.9. The molecule has 3 heterocycles. The minimum absolute atomic E-state index is 0.0197. The van der Waals surface area contributed by atoms with E-state index >= 15 is 0 Å². The van der Waals surface area contributed by atoms with Crippen LogP contribution in [-0.4, -0.2) is 28.0 Å². The fourth-order valence-corrected chi connectivity index (χ4v) is 5.84. The van der Waals surface area contributed by atoms with Gasteiger partial charge in [0.1, 0.15) is 10.6 Å². The van der Waals surface area contributed by atoms with Crippen LogP contribution in [0.3, 0.4) is 0 Å². The predicted molar refractivity (Wildman–Crippen MR) is 120 cm³/mol. The molecule has 3 aromatic rings. The normalized spacial score (nSPS) is 15.4. The van der Waals surface area contributed by atoms with Gasteiger partial charge in [-0.25, -0.2) is 4.98 Å². The fraction of sp³-hybridized carbons (Fsp3) is 0.455. The maximum absolute atomic E-state index is 13.8. The molecule has 154 valence electrons. The number of thioether (sulfide) groups is 1. The van der Waals surface area contributed by atoms with Gasteiger partial charge in [-0.3, -0.25) is 9.36 Å². The highest BCUT2D eigenvalue weighted by Crippen LogP contribution is 2.38. The fourth-order valence-electron chi connectivity index (χ4n) is 3.61. The van der Waals surface area contributed by atoms with E-state index in [4.69, 9.17) is 14.5 Å². The second-order valence-corrected chi connectivity index (χ2v) is 9.96. The lowest BCUT2D eigenvalue weighted by Crippen LogP contribution is -2.32. The molecule has 2 aromatic heterocycles. The monoisotopic (exact) mass is 430 g/mol. The Hall–Kier alpha value is -1.83. The molecule has 0 bridgehead atoms. The summed E-state index contributed by atoms with van der Waals surface area (Å²) in [6, 6.07) is 7.64. The van der Waals surface area contributed by atoms with E-state index in [0.29, 0.717) is 18.8 Å². The lowest BCUT2D eigenvalue weighted by Gasteiger charge is -2.30. The summed E-state index contributed by atoms with van der Waals surface area (Å²) in [6.45, 7) is 6.84. The molecule has 7 heteroatoms. The standard InChI is InChI=1S/C22H26N2O3S2/c1-5-6-11-28-21-23-19-18(14-12-22(2,3)27-13-17(14)29-19)20(25)24(21)15-9-7-8-10-16(15)26-4/h7-10H,5-6,11-13H2,1-4H3. The van der Waals surface area contributed by atoms with Gasteiger partial charge in [-0.15, -0.1) is 11.3 Å². The maximum atomic E-state index is 13.8. The first kappa shape index (κ1) is 20.4. The first-order valence-electron chi connectivity index (χ1n) is 9.92. The molecule has 0 spiro atoms. The number of para-hydroxylation sites is 2. The van der Waals surface area contributed by atoms with Crippen molar-refractivity contribution in [3.63, 3.8) is 0 Å². The van der Waals surface area contributed by atoms with Gasteiger partial charge >= 0.3 is 0 Å². The van der Waals surface area contributed by atoms with Crippen LogP contribution in [0.2, 0.25) is 0 Å². The lowest BCUT2D eigenvalue weighted by molar-refractivity contribution is -0.0379. The number of rotatable bonds is 6.